The van der Waals surface area contributed by atoms with Gasteiger partial charge in [-0.2, -0.15) is 0 Å². The van der Waals surface area contributed by atoms with Gasteiger partial charge < -0.3 is 14.6 Å². The summed E-state index contributed by atoms with van der Waals surface area (Å²) in [7, 11) is 1.60. The molecule has 0 amide bonds. The van der Waals surface area contributed by atoms with Crippen LogP contribution in [-0.4, -0.2) is 30.4 Å². The summed E-state index contributed by atoms with van der Waals surface area (Å²) >= 11 is 0. The Balaban J connectivity index is 3.88. The van der Waals surface area contributed by atoms with Gasteiger partial charge in [-0.3, -0.25) is 4.79 Å². The Morgan fingerprint density at radius 2 is 2.07 bits per heavy atom. The predicted molar refractivity (Wildman–Crippen MR) is 57.7 cm³/mol. The van der Waals surface area contributed by atoms with Gasteiger partial charge in [0.15, 0.2) is 0 Å². The number of rotatable bonds is 7. The summed E-state index contributed by atoms with van der Waals surface area (Å²) in [5.74, 6) is -0.000626. The lowest BCUT2D eigenvalue weighted by Gasteiger charge is -2.23. The Morgan fingerprint density at radius 1 is 1.47 bits per heavy atom. The Labute approximate surface area is 90.9 Å². The van der Waals surface area contributed by atoms with E-state index in [0.717, 1.165) is 5.76 Å². The summed E-state index contributed by atoms with van der Waals surface area (Å²) in [6.45, 7) is 6.04. The number of hydrogen-bond donors (Lipinski definition) is 1. The van der Waals surface area contributed by atoms with Crippen molar-refractivity contribution in [2.45, 2.75) is 39.2 Å². The number of carbonyl (C=O) groups is 1. The van der Waals surface area contributed by atoms with E-state index < -0.39 is 11.6 Å². The van der Waals surface area contributed by atoms with Crippen LogP contribution in [0.1, 0.15) is 33.6 Å². The summed E-state index contributed by atoms with van der Waals surface area (Å²) in [4.78, 5) is 10.4. The zero-order valence-electron chi connectivity index (χ0n) is 9.87. The number of hydrogen-bond acceptors (Lipinski definition) is 3. The molecule has 1 N–H and O–H groups in total. The fourth-order valence-electron chi connectivity index (χ4n) is 0.948. The van der Waals surface area contributed by atoms with Gasteiger partial charge in [-0.1, -0.05) is 0 Å². The van der Waals surface area contributed by atoms with Crippen LogP contribution in [0.3, 0.4) is 0 Å². The number of aliphatic carboxylic acids is 1. The highest BCUT2D eigenvalue weighted by atomic mass is 16.5. The molecule has 0 radical (unpaired) electrons. The normalized spacial score (nSPS) is 12.7. The molecule has 0 spiro atoms. The fourth-order valence-corrected chi connectivity index (χ4v) is 0.948. The number of allylic oxidation sites excluding steroid dienone is 1. The van der Waals surface area contributed by atoms with Crippen LogP contribution in [0.15, 0.2) is 11.8 Å². The van der Waals surface area contributed by atoms with E-state index in [1.54, 1.807) is 7.11 Å². The molecule has 4 heteroatoms. The first kappa shape index (κ1) is 14.0. The second kappa shape index (κ2) is 6.45. The molecule has 0 aromatic rings. The van der Waals surface area contributed by atoms with Crippen molar-refractivity contribution in [1.82, 2.24) is 0 Å². The molecule has 0 saturated heterocycles. The molecular weight excluding hydrogens is 196 g/mol. The summed E-state index contributed by atoms with van der Waals surface area (Å²) < 4.78 is 10.5. The van der Waals surface area contributed by atoms with Crippen molar-refractivity contribution < 1.29 is 19.4 Å². The van der Waals surface area contributed by atoms with Crippen LogP contribution >= 0.6 is 0 Å². The van der Waals surface area contributed by atoms with Crippen molar-refractivity contribution in [1.29, 1.82) is 0 Å². The Kier molecular flexibility index (Phi) is 6.01. The maximum atomic E-state index is 10.4. The largest absolute Gasteiger partial charge is 0.502 e. The minimum absolute atomic E-state index is 0.125. The first-order valence-corrected chi connectivity index (χ1v) is 4.94. The lowest BCUT2D eigenvalue weighted by Crippen LogP contribution is -2.25. The third-order valence-corrected chi connectivity index (χ3v) is 2.11. The van der Waals surface area contributed by atoms with E-state index in [1.807, 2.05) is 26.8 Å². The second-order valence-electron chi connectivity index (χ2n) is 3.98. The van der Waals surface area contributed by atoms with Gasteiger partial charge in [0.05, 0.1) is 25.1 Å². The number of methoxy groups -OCH3 is 1. The van der Waals surface area contributed by atoms with Gasteiger partial charge >= 0.3 is 5.97 Å². The maximum absolute atomic E-state index is 10.4. The quantitative estimate of drug-likeness (QED) is 0.663. The lowest BCUT2D eigenvalue weighted by molar-refractivity contribution is -0.138. The molecule has 0 fully saturated rings. The first-order valence-electron chi connectivity index (χ1n) is 4.94. The number of carboxylic acids is 1. The van der Waals surface area contributed by atoms with E-state index in [4.69, 9.17) is 14.6 Å². The molecule has 88 valence electrons. The number of ether oxygens (including phenoxy) is 2. The maximum Gasteiger partial charge on any atom is 0.303 e. The molecule has 0 aromatic carbocycles. The van der Waals surface area contributed by atoms with Crippen molar-refractivity contribution in [3.8, 4) is 0 Å². The molecule has 0 aliphatic heterocycles. The topological polar surface area (TPSA) is 55.8 Å². The molecule has 0 unspecified atom stereocenters. The SMILES string of the molecule is CO/C(C)=C/COC(C)(C)CCC(=O)O. The van der Waals surface area contributed by atoms with Gasteiger partial charge in [0.25, 0.3) is 0 Å². The molecule has 0 rings (SSSR count). The van der Waals surface area contributed by atoms with Crippen molar-refractivity contribution >= 4 is 5.97 Å². The van der Waals surface area contributed by atoms with Gasteiger partial charge in [-0.25, -0.2) is 0 Å². The minimum Gasteiger partial charge on any atom is -0.502 e. The van der Waals surface area contributed by atoms with Crippen LogP contribution in [0.4, 0.5) is 0 Å². The Hall–Kier alpha value is -1.03. The molecule has 4 nitrogen and oxygen atoms in total. The molecule has 0 aliphatic rings. The molecule has 0 aliphatic carbocycles. The highest BCUT2D eigenvalue weighted by molar-refractivity contribution is 5.66. The molecule has 0 aromatic heterocycles. The van der Waals surface area contributed by atoms with E-state index in [-0.39, 0.29) is 6.42 Å². The van der Waals surface area contributed by atoms with Crippen LogP contribution in [-0.2, 0) is 14.3 Å². The van der Waals surface area contributed by atoms with Crippen LogP contribution in [0.2, 0.25) is 0 Å². The zero-order chi connectivity index (χ0) is 11.9. The summed E-state index contributed by atoms with van der Waals surface area (Å²) in [5, 5.41) is 8.54. The summed E-state index contributed by atoms with van der Waals surface area (Å²) in [5.41, 5.74) is -0.414. The highest BCUT2D eigenvalue weighted by Gasteiger charge is 2.18. The van der Waals surface area contributed by atoms with E-state index in [1.165, 1.54) is 0 Å². The number of carboxylic acid groups (broad SMARTS) is 1. The van der Waals surface area contributed by atoms with Gasteiger partial charge in [0.2, 0.25) is 0 Å². The van der Waals surface area contributed by atoms with Crippen LogP contribution in [0.5, 0.6) is 0 Å². The van der Waals surface area contributed by atoms with Crippen LogP contribution in [0.25, 0.3) is 0 Å². The molecule has 0 bridgehead atoms. The van der Waals surface area contributed by atoms with Crippen molar-refractivity contribution in [3.63, 3.8) is 0 Å². The average Bonchev–Trinajstić information content (AvgIpc) is 2.14. The highest BCUT2D eigenvalue weighted by Crippen LogP contribution is 2.16. The summed E-state index contributed by atoms with van der Waals surface area (Å²) in [6, 6.07) is 0. The summed E-state index contributed by atoms with van der Waals surface area (Å²) in [6.07, 6.45) is 2.45. The Morgan fingerprint density at radius 3 is 2.53 bits per heavy atom. The molecule has 0 atom stereocenters. The van der Waals surface area contributed by atoms with Gasteiger partial charge in [-0.05, 0) is 33.3 Å². The van der Waals surface area contributed by atoms with E-state index in [9.17, 15) is 4.79 Å². The second-order valence-corrected chi connectivity index (χ2v) is 3.98. The van der Waals surface area contributed by atoms with Crippen molar-refractivity contribution in [3.05, 3.63) is 11.8 Å². The van der Waals surface area contributed by atoms with Crippen LogP contribution < -0.4 is 0 Å². The average molecular weight is 216 g/mol. The molecule has 0 heterocycles. The monoisotopic (exact) mass is 216 g/mol. The fraction of sp³-hybridized carbons (Fsp3) is 0.727. The first-order chi connectivity index (χ1) is 6.87. The zero-order valence-corrected chi connectivity index (χ0v) is 9.87. The lowest BCUT2D eigenvalue weighted by atomic mass is 10.0. The van der Waals surface area contributed by atoms with E-state index >= 15 is 0 Å². The van der Waals surface area contributed by atoms with Gasteiger partial charge in [0.1, 0.15) is 0 Å². The van der Waals surface area contributed by atoms with Gasteiger partial charge in [0, 0.05) is 6.42 Å². The molecule has 15 heavy (non-hydrogen) atoms. The van der Waals surface area contributed by atoms with Crippen molar-refractivity contribution in [2.75, 3.05) is 13.7 Å². The standard InChI is InChI=1S/C11H20O4/c1-9(14-4)6-8-15-11(2,3)7-5-10(12)13/h6H,5,7-8H2,1-4H3,(H,12,13)/b9-6+. The van der Waals surface area contributed by atoms with E-state index in [2.05, 4.69) is 0 Å². The smallest absolute Gasteiger partial charge is 0.303 e. The van der Waals surface area contributed by atoms with Crippen LogP contribution in [0, 0.1) is 0 Å². The Bertz CT molecular complexity index is 231. The third-order valence-electron chi connectivity index (χ3n) is 2.11. The minimum atomic E-state index is -0.796. The van der Waals surface area contributed by atoms with Crippen molar-refractivity contribution in [2.24, 2.45) is 0 Å². The molecular formula is C11H20O4. The predicted octanol–water partition coefficient (Wildman–Crippen LogP) is 2.20. The van der Waals surface area contributed by atoms with Gasteiger partial charge in [-0.15, -0.1) is 0 Å². The van der Waals surface area contributed by atoms with E-state index in [0.29, 0.717) is 13.0 Å². The third kappa shape index (κ3) is 8.00. The molecule has 0 saturated carbocycles.